The van der Waals surface area contributed by atoms with Crippen molar-refractivity contribution in [2.75, 3.05) is 13.1 Å². The minimum atomic E-state index is -0.784. The van der Waals surface area contributed by atoms with Gasteiger partial charge in [-0.2, -0.15) is 0 Å². The molecule has 2 aromatic rings. The first-order valence-electron chi connectivity index (χ1n) is 9.04. The fourth-order valence-corrected chi connectivity index (χ4v) is 3.48. The molecule has 0 bridgehead atoms. The number of nitrogens with zero attached hydrogens (tertiary/aromatic N) is 1. The lowest BCUT2D eigenvalue weighted by Gasteiger charge is -2.32. The van der Waals surface area contributed by atoms with Crippen molar-refractivity contribution in [3.05, 3.63) is 71.8 Å². The number of primary amides is 1. The summed E-state index contributed by atoms with van der Waals surface area (Å²) in [6.07, 6.45) is 1.80. The van der Waals surface area contributed by atoms with Crippen LogP contribution in [0.3, 0.4) is 0 Å². The highest BCUT2D eigenvalue weighted by atomic mass is 16.2. The van der Waals surface area contributed by atoms with E-state index in [1.165, 1.54) is 5.56 Å². The average molecular weight is 351 g/mol. The lowest BCUT2D eigenvalue weighted by molar-refractivity contribution is -0.131. The summed E-state index contributed by atoms with van der Waals surface area (Å²) in [4.78, 5) is 26.9. The van der Waals surface area contributed by atoms with Gasteiger partial charge in [0.25, 0.3) is 0 Å². The van der Waals surface area contributed by atoms with Crippen LogP contribution in [0.5, 0.6) is 0 Å². The number of rotatable bonds is 6. The third kappa shape index (κ3) is 4.70. The number of amides is 2. The summed E-state index contributed by atoms with van der Waals surface area (Å²) in [6.45, 7) is 2.51. The second-order valence-electron chi connectivity index (χ2n) is 6.81. The van der Waals surface area contributed by atoms with Crippen LogP contribution in [0.2, 0.25) is 0 Å². The molecule has 136 valence electrons. The van der Waals surface area contributed by atoms with Crippen molar-refractivity contribution in [1.82, 2.24) is 10.2 Å². The molecule has 2 atom stereocenters. The van der Waals surface area contributed by atoms with E-state index in [1.807, 2.05) is 36.4 Å². The number of carbonyl (C=O) groups excluding carboxylic acids is 2. The van der Waals surface area contributed by atoms with Crippen molar-refractivity contribution in [2.24, 2.45) is 11.7 Å². The van der Waals surface area contributed by atoms with Gasteiger partial charge in [0, 0.05) is 13.1 Å². The van der Waals surface area contributed by atoms with Crippen LogP contribution < -0.4 is 11.1 Å². The smallest absolute Gasteiger partial charge is 0.244 e. The lowest BCUT2D eigenvalue weighted by atomic mass is 9.95. The Balaban J connectivity index is 1.62. The van der Waals surface area contributed by atoms with E-state index in [4.69, 9.17) is 5.73 Å². The summed E-state index contributed by atoms with van der Waals surface area (Å²) in [7, 11) is 0. The monoisotopic (exact) mass is 351 g/mol. The van der Waals surface area contributed by atoms with Gasteiger partial charge in [0.05, 0.1) is 5.92 Å². The number of benzene rings is 2. The summed E-state index contributed by atoms with van der Waals surface area (Å²) >= 11 is 0. The van der Waals surface area contributed by atoms with Crippen molar-refractivity contribution in [2.45, 2.75) is 25.4 Å². The van der Waals surface area contributed by atoms with Crippen LogP contribution in [0.25, 0.3) is 0 Å². The Morgan fingerprint density at radius 1 is 1.08 bits per heavy atom. The van der Waals surface area contributed by atoms with E-state index in [-0.39, 0.29) is 11.8 Å². The lowest BCUT2D eigenvalue weighted by Crippen LogP contribution is -2.46. The first-order valence-corrected chi connectivity index (χ1v) is 9.04. The maximum atomic E-state index is 12.7. The molecule has 1 saturated heterocycles. The van der Waals surface area contributed by atoms with Crippen LogP contribution in [0, 0.1) is 5.92 Å². The molecule has 2 amide bonds. The minimum Gasteiger partial charge on any atom is -0.368 e. The van der Waals surface area contributed by atoms with Crippen LogP contribution in [0.4, 0.5) is 0 Å². The Morgan fingerprint density at radius 2 is 1.73 bits per heavy atom. The molecule has 3 rings (SSSR count). The van der Waals surface area contributed by atoms with Crippen LogP contribution in [0.15, 0.2) is 60.7 Å². The van der Waals surface area contributed by atoms with Gasteiger partial charge in [-0.15, -0.1) is 0 Å². The van der Waals surface area contributed by atoms with Gasteiger partial charge in [0.2, 0.25) is 11.8 Å². The Labute approximate surface area is 154 Å². The van der Waals surface area contributed by atoms with Gasteiger partial charge in [-0.25, -0.2) is 0 Å². The highest BCUT2D eigenvalue weighted by molar-refractivity contribution is 5.88. The molecule has 1 aliphatic rings. The molecule has 2 unspecified atom stereocenters. The zero-order valence-electron chi connectivity index (χ0n) is 14.8. The molecule has 26 heavy (non-hydrogen) atoms. The Kier molecular flexibility index (Phi) is 6.02. The van der Waals surface area contributed by atoms with E-state index in [2.05, 4.69) is 22.3 Å². The first-order chi connectivity index (χ1) is 12.6. The number of hydrogen-bond acceptors (Lipinski definition) is 3. The molecular formula is C21H25N3O2. The van der Waals surface area contributed by atoms with Gasteiger partial charge in [-0.05, 0) is 30.5 Å². The number of hydrogen-bond donors (Lipinski definition) is 2. The number of nitrogens with one attached hydrogen (secondary N) is 1. The Morgan fingerprint density at radius 3 is 2.38 bits per heavy atom. The van der Waals surface area contributed by atoms with E-state index < -0.39 is 11.9 Å². The zero-order chi connectivity index (χ0) is 18.4. The third-order valence-electron chi connectivity index (χ3n) is 4.83. The summed E-state index contributed by atoms with van der Waals surface area (Å²) in [5.41, 5.74) is 7.47. The number of nitrogens with two attached hydrogens (primary N) is 1. The molecule has 0 spiro atoms. The average Bonchev–Trinajstić information content (AvgIpc) is 2.67. The van der Waals surface area contributed by atoms with Crippen molar-refractivity contribution in [1.29, 1.82) is 0 Å². The second-order valence-corrected chi connectivity index (χ2v) is 6.81. The van der Waals surface area contributed by atoms with E-state index in [9.17, 15) is 9.59 Å². The van der Waals surface area contributed by atoms with Crippen molar-refractivity contribution in [3.63, 3.8) is 0 Å². The highest BCUT2D eigenvalue weighted by Gasteiger charge is 2.29. The van der Waals surface area contributed by atoms with Gasteiger partial charge >= 0.3 is 0 Å². The Bertz CT molecular complexity index is 733. The maximum absolute atomic E-state index is 12.7. The molecule has 0 saturated carbocycles. The molecule has 5 heteroatoms. The quantitative estimate of drug-likeness (QED) is 0.838. The van der Waals surface area contributed by atoms with Gasteiger partial charge in [0.15, 0.2) is 0 Å². The Hall–Kier alpha value is -2.66. The third-order valence-corrected chi connectivity index (χ3v) is 4.83. The molecule has 1 heterocycles. The molecule has 0 aliphatic carbocycles. The summed E-state index contributed by atoms with van der Waals surface area (Å²) < 4.78 is 0. The molecule has 1 fully saturated rings. The molecule has 0 radical (unpaired) electrons. The predicted molar refractivity (Wildman–Crippen MR) is 101 cm³/mol. The van der Waals surface area contributed by atoms with Crippen LogP contribution in [-0.2, 0) is 16.1 Å². The molecule has 0 aromatic heterocycles. The van der Waals surface area contributed by atoms with Gasteiger partial charge in [-0.1, -0.05) is 60.7 Å². The highest BCUT2D eigenvalue weighted by Crippen LogP contribution is 2.20. The number of piperidine rings is 1. The van der Waals surface area contributed by atoms with Crippen LogP contribution in [-0.4, -0.2) is 29.8 Å². The molecule has 5 nitrogen and oxygen atoms in total. The fraction of sp³-hybridized carbons (Fsp3) is 0.333. The topological polar surface area (TPSA) is 75.4 Å². The van der Waals surface area contributed by atoms with Gasteiger partial charge in [-0.3, -0.25) is 14.5 Å². The predicted octanol–water partition coefficient (Wildman–Crippen LogP) is 2.24. The normalized spacial score (nSPS) is 18.8. The second kappa shape index (κ2) is 8.63. The van der Waals surface area contributed by atoms with Crippen molar-refractivity contribution in [3.8, 4) is 0 Å². The summed E-state index contributed by atoms with van der Waals surface area (Å²) in [5, 5.41) is 2.85. The molecule has 1 aliphatic heterocycles. The first kappa shape index (κ1) is 18.1. The van der Waals surface area contributed by atoms with Crippen LogP contribution >= 0.6 is 0 Å². The number of likely N-dealkylation sites (tertiary alicyclic amines) is 1. The largest absolute Gasteiger partial charge is 0.368 e. The summed E-state index contributed by atoms with van der Waals surface area (Å²) in [5.74, 6) is -0.769. The van der Waals surface area contributed by atoms with E-state index >= 15 is 0 Å². The maximum Gasteiger partial charge on any atom is 0.244 e. The molecule has 3 N–H and O–H groups in total. The van der Waals surface area contributed by atoms with E-state index in [0.29, 0.717) is 12.1 Å². The molecule has 2 aromatic carbocycles. The SMILES string of the molecule is NC(=O)C(NC(=O)C1CCCN(Cc2ccccc2)C1)c1ccccc1. The van der Waals surface area contributed by atoms with Crippen molar-refractivity contribution < 1.29 is 9.59 Å². The summed E-state index contributed by atoms with van der Waals surface area (Å²) in [6, 6.07) is 18.6. The minimum absolute atomic E-state index is 0.101. The molecular weight excluding hydrogens is 326 g/mol. The van der Waals surface area contributed by atoms with E-state index in [1.54, 1.807) is 12.1 Å². The number of carbonyl (C=O) groups is 2. The van der Waals surface area contributed by atoms with Crippen LogP contribution in [0.1, 0.15) is 30.0 Å². The fourth-order valence-electron chi connectivity index (χ4n) is 3.48. The van der Waals surface area contributed by atoms with Gasteiger partial charge in [0.1, 0.15) is 6.04 Å². The van der Waals surface area contributed by atoms with Gasteiger partial charge < -0.3 is 11.1 Å². The zero-order valence-corrected chi connectivity index (χ0v) is 14.8. The van der Waals surface area contributed by atoms with E-state index in [0.717, 1.165) is 25.9 Å². The van der Waals surface area contributed by atoms with Crippen molar-refractivity contribution >= 4 is 11.8 Å². The standard InChI is InChI=1S/C21H25N3O2/c22-20(25)19(17-10-5-2-6-11-17)23-21(26)18-12-7-13-24(15-18)14-16-8-3-1-4-9-16/h1-6,8-11,18-19H,7,12-15H2,(H2,22,25)(H,23,26).